The standard InChI is InChI=1S/C29H40NO2P2.C5H5.Fe/c1-7-33(8-2)29-23(19-20-30(3)4)17-18-28(29)34(21-24-13-9-11-15-26(24)31-5)22-25-14-10-12-16-27(25)32-6;1-2-4-5-3-1;/h9-18H,7-8,19-22H2,1-6H3;1-5H;/q2*-1;+2. The van der Waals surface area contributed by atoms with Crippen molar-refractivity contribution in [3.63, 3.8) is 0 Å². The molecule has 0 heterocycles. The van der Waals surface area contributed by atoms with Crippen LogP contribution in [-0.2, 0) is 35.8 Å². The van der Waals surface area contributed by atoms with Gasteiger partial charge in [0.25, 0.3) is 0 Å². The van der Waals surface area contributed by atoms with Crippen LogP contribution in [0.2, 0.25) is 0 Å². The predicted octanol–water partition coefficient (Wildman–Crippen LogP) is 7.58. The second-order valence-corrected chi connectivity index (χ2v) is 14.7. The Morgan fingerprint density at radius 3 is 1.70 bits per heavy atom. The molecule has 0 saturated heterocycles. The first kappa shape index (κ1) is 34.3. The van der Waals surface area contributed by atoms with Gasteiger partial charge in [-0.1, -0.05) is 56.7 Å². The fourth-order valence-corrected chi connectivity index (χ4v) is 10.3. The van der Waals surface area contributed by atoms with E-state index in [4.69, 9.17) is 9.47 Å². The zero-order valence-corrected chi connectivity index (χ0v) is 27.8. The fraction of sp³-hybridized carbons (Fsp3) is 0.353. The van der Waals surface area contributed by atoms with Crippen LogP contribution < -0.4 is 20.1 Å². The summed E-state index contributed by atoms with van der Waals surface area (Å²) in [6.07, 6.45) is 5.62. The molecule has 0 aliphatic heterocycles. The Balaban J connectivity index is 0.000000840. The largest absolute Gasteiger partial charge is 2.00 e. The number of hydrogen-bond donors (Lipinski definition) is 0. The van der Waals surface area contributed by atoms with E-state index in [2.05, 4.69) is 93.5 Å². The van der Waals surface area contributed by atoms with E-state index in [1.807, 2.05) is 30.3 Å². The quantitative estimate of drug-likeness (QED) is 0.0878. The molecular weight excluding hydrogens is 572 g/mol. The molecule has 0 bridgehead atoms. The van der Waals surface area contributed by atoms with E-state index < -0.39 is 7.92 Å². The first-order chi connectivity index (χ1) is 19.0. The summed E-state index contributed by atoms with van der Waals surface area (Å²) in [5.41, 5.74) is 4.15. The third-order valence-electron chi connectivity index (χ3n) is 6.90. The van der Waals surface area contributed by atoms with Crippen molar-refractivity contribution in [2.24, 2.45) is 0 Å². The Bertz CT molecular complexity index is 1150. The van der Waals surface area contributed by atoms with Gasteiger partial charge in [-0.2, -0.15) is 29.8 Å². The van der Waals surface area contributed by atoms with Crippen molar-refractivity contribution >= 4 is 26.5 Å². The molecule has 216 valence electrons. The Kier molecular flexibility index (Phi) is 15.9. The first-order valence-corrected chi connectivity index (χ1v) is 17.3. The summed E-state index contributed by atoms with van der Waals surface area (Å²) in [6.45, 7) is 5.82. The van der Waals surface area contributed by atoms with Gasteiger partial charge in [0, 0.05) is 0 Å². The molecule has 40 heavy (non-hydrogen) atoms. The van der Waals surface area contributed by atoms with Crippen LogP contribution in [0.25, 0.3) is 0 Å². The molecule has 0 aliphatic rings. The van der Waals surface area contributed by atoms with E-state index in [0.717, 1.165) is 36.8 Å². The third-order valence-corrected chi connectivity index (χ3v) is 12.3. The number of likely N-dealkylation sites (N-methyl/N-ethyl adjacent to an activating group) is 1. The second-order valence-electron chi connectivity index (χ2n) is 9.76. The number of hydrogen-bond acceptors (Lipinski definition) is 3. The molecule has 3 nitrogen and oxygen atoms in total. The summed E-state index contributed by atoms with van der Waals surface area (Å²) in [4.78, 5) is 2.29. The van der Waals surface area contributed by atoms with Crippen molar-refractivity contribution < 1.29 is 26.5 Å². The Morgan fingerprint density at radius 2 is 1.27 bits per heavy atom. The van der Waals surface area contributed by atoms with Gasteiger partial charge in [-0.05, 0) is 68.5 Å². The van der Waals surface area contributed by atoms with Crippen molar-refractivity contribution in [3.8, 4) is 11.5 Å². The summed E-state index contributed by atoms with van der Waals surface area (Å²) < 4.78 is 11.5. The van der Waals surface area contributed by atoms with Gasteiger partial charge in [0.15, 0.2) is 0 Å². The minimum absolute atomic E-state index is 0. The van der Waals surface area contributed by atoms with Gasteiger partial charge in [0.1, 0.15) is 11.5 Å². The third kappa shape index (κ3) is 9.87. The van der Waals surface area contributed by atoms with Gasteiger partial charge in [-0.15, -0.1) is 26.5 Å². The van der Waals surface area contributed by atoms with Crippen LogP contribution in [-0.4, -0.2) is 52.1 Å². The molecule has 0 amide bonds. The summed E-state index contributed by atoms with van der Waals surface area (Å²) in [5.74, 6) is 1.98. The van der Waals surface area contributed by atoms with Gasteiger partial charge in [-0.3, -0.25) is 0 Å². The molecule has 0 radical (unpaired) electrons. The van der Waals surface area contributed by atoms with Crippen molar-refractivity contribution in [1.29, 1.82) is 0 Å². The Hall–Kier alpha value is -1.92. The number of ether oxygens (including phenoxy) is 2. The average molecular weight is 618 g/mol. The zero-order chi connectivity index (χ0) is 28.0. The van der Waals surface area contributed by atoms with Crippen LogP contribution in [0.3, 0.4) is 0 Å². The van der Waals surface area contributed by atoms with E-state index in [-0.39, 0.29) is 25.0 Å². The molecule has 0 aromatic heterocycles. The number of methoxy groups -OCH3 is 2. The maximum atomic E-state index is 5.75. The van der Waals surface area contributed by atoms with Crippen LogP contribution in [0.5, 0.6) is 11.5 Å². The summed E-state index contributed by atoms with van der Waals surface area (Å²) in [5, 5.41) is 3.27. The molecule has 0 saturated carbocycles. The Labute approximate surface area is 256 Å². The minimum atomic E-state index is -0.479. The second kappa shape index (κ2) is 18.5. The minimum Gasteiger partial charge on any atom is -0.496 e. The molecule has 0 atom stereocenters. The van der Waals surface area contributed by atoms with Gasteiger partial charge in [0.05, 0.1) is 14.2 Å². The fourth-order valence-electron chi connectivity index (χ4n) is 4.83. The predicted molar refractivity (Wildman–Crippen MR) is 174 cm³/mol. The van der Waals surface area contributed by atoms with E-state index in [9.17, 15) is 0 Å². The number of benzene rings is 2. The van der Waals surface area contributed by atoms with E-state index in [1.54, 1.807) is 30.4 Å². The number of para-hydroxylation sites is 2. The maximum absolute atomic E-state index is 5.75. The molecule has 0 fully saturated rings. The smallest absolute Gasteiger partial charge is 0.496 e. The van der Waals surface area contributed by atoms with Crippen molar-refractivity contribution in [2.75, 3.05) is 47.2 Å². The van der Waals surface area contributed by atoms with E-state index in [0.29, 0.717) is 0 Å². The van der Waals surface area contributed by atoms with Crippen molar-refractivity contribution in [3.05, 3.63) is 108 Å². The van der Waals surface area contributed by atoms with Crippen LogP contribution in [0.1, 0.15) is 30.5 Å². The molecule has 0 N–H and O–H groups in total. The normalized spacial score (nSPS) is 10.8. The van der Waals surface area contributed by atoms with Crippen LogP contribution in [0.15, 0.2) is 91.0 Å². The van der Waals surface area contributed by atoms with Gasteiger partial charge in [0.2, 0.25) is 0 Å². The van der Waals surface area contributed by atoms with Crippen LogP contribution in [0, 0.1) is 0 Å². The van der Waals surface area contributed by atoms with Crippen molar-refractivity contribution in [2.45, 2.75) is 32.6 Å². The van der Waals surface area contributed by atoms with Gasteiger partial charge < -0.3 is 14.4 Å². The van der Waals surface area contributed by atoms with Crippen LogP contribution in [0.4, 0.5) is 0 Å². The van der Waals surface area contributed by atoms with Crippen LogP contribution >= 0.6 is 15.8 Å². The van der Waals surface area contributed by atoms with Crippen molar-refractivity contribution in [1.82, 2.24) is 4.90 Å². The zero-order valence-electron chi connectivity index (χ0n) is 24.9. The molecule has 6 heteroatoms. The Morgan fingerprint density at radius 1 is 0.750 bits per heavy atom. The molecule has 0 unspecified atom stereocenters. The summed E-state index contributed by atoms with van der Waals surface area (Å²) in [7, 11) is 7.26. The van der Waals surface area contributed by atoms with Gasteiger partial charge in [-0.25, -0.2) is 18.2 Å². The molecule has 4 aromatic rings. The molecule has 4 aromatic carbocycles. The maximum Gasteiger partial charge on any atom is 2.00 e. The molecule has 4 rings (SSSR count). The molecular formula is C34H45FeNO2P2. The molecule has 0 spiro atoms. The average Bonchev–Trinajstić information content (AvgIpc) is 3.67. The molecule has 0 aliphatic carbocycles. The number of nitrogens with zero attached hydrogens (tertiary/aromatic N) is 1. The SMILES string of the molecule is CCP(CC)c1c(CCN(C)C)cc[c-]1P(Cc1ccccc1OC)Cc1ccccc1OC.[Fe+2].c1cc[cH-]c1. The number of rotatable bonds is 13. The van der Waals surface area contributed by atoms with E-state index in [1.165, 1.54) is 23.5 Å². The summed E-state index contributed by atoms with van der Waals surface area (Å²) >= 11 is 0. The van der Waals surface area contributed by atoms with Gasteiger partial charge >= 0.3 is 17.1 Å². The summed E-state index contributed by atoms with van der Waals surface area (Å²) in [6, 6.07) is 31.9. The van der Waals surface area contributed by atoms with E-state index >= 15 is 0 Å². The first-order valence-electron chi connectivity index (χ1n) is 13.9. The monoisotopic (exact) mass is 617 g/mol. The topological polar surface area (TPSA) is 21.7 Å².